The maximum atomic E-state index is 12.9. The highest BCUT2D eigenvalue weighted by molar-refractivity contribution is 6.30. The van der Waals surface area contributed by atoms with Gasteiger partial charge in [0.2, 0.25) is 5.91 Å². The molecule has 1 amide bonds. The lowest BCUT2D eigenvalue weighted by Crippen LogP contribution is -2.36. The van der Waals surface area contributed by atoms with Crippen LogP contribution in [0, 0.1) is 5.92 Å². The van der Waals surface area contributed by atoms with E-state index < -0.39 is 0 Å². The second-order valence-corrected chi connectivity index (χ2v) is 7.91. The molecule has 0 bridgehead atoms. The summed E-state index contributed by atoms with van der Waals surface area (Å²) in [6, 6.07) is 8.05. The molecule has 1 aromatic heterocycles. The smallest absolute Gasteiger partial charge is 0.226 e. The van der Waals surface area contributed by atoms with Gasteiger partial charge in [-0.15, -0.1) is 0 Å². The van der Waals surface area contributed by atoms with Crippen LogP contribution in [0.3, 0.4) is 0 Å². The van der Waals surface area contributed by atoms with Gasteiger partial charge in [0.25, 0.3) is 0 Å². The maximum absolute atomic E-state index is 12.9. The molecule has 2 fully saturated rings. The van der Waals surface area contributed by atoms with Crippen LogP contribution in [0.1, 0.15) is 29.9 Å². The summed E-state index contributed by atoms with van der Waals surface area (Å²) in [5.74, 6) is 0.846. The lowest BCUT2D eigenvalue weighted by molar-refractivity contribution is -0.132. The van der Waals surface area contributed by atoms with Crippen molar-refractivity contribution in [1.29, 1.82) is 0 Å². The zero-order valence-corrected chi connectivity index (χ0v) is 15.9. The van der Waals surface area contributed by atoms with Crippen LogP contribution in [-0.2, 0) is 18.4 Å². The zero-order valence-electron chi connectivity index (χ0n) is 15.1. The minimum atomic E-state index is 0.155. The second-order valence-electron chi connectivity index (χ2n) is 7.48. The normalized spacial score (nSPS) is 23.7. The van der Waals surface area contributed by atoms with Gasteiger partial charge in [-0.3, -0.25) is 14.4 Å². The molecule has 0 N–H and O–H groups in total. The van der Waals surface area contributed by atoms with Crippen LogP contribution in [0.4, 0.5) is 0 Å². The summed E-state index contributed by atoms with van der Waals surface area (Å²) in [4.78, 5) is 17.4. The van der Waals surface area contributed by atoms with Crippen LogP contribution in [0.15, 0.2) is 36.7 Å². The van der Waals surface area contributed by atoms with Crippen molar-refractivity contribution in [1.82, 2.24) is 19.6 Å². The first-order valence-corrected chi connectivity index (χ1v) is 9.72. The molecule has 0 radical (unpaired) electrons. The van der Waals surface area contributed by atoms with Crippen LogP contribution >= 0.6 is 11.6 Å². The molecule has 1 saturated heterocycles. The predicted molar refractivity (Wildman–Crippen MR) is 102 cm³/mol. The van der Waals surface area contributed by atoms with E-state index in [4.69, 9.17) is 11.6 Å². The van der Waals surface area contributed by atoms with E-state index in [1.54, 1.807) is 0 Å². The van der Waals surface area contributed by atoms with E-state index >= 15 is 0 Å². The summed E-state index contributed by atoms with van der Waals surface area (Å²) in [5, 5.41) is 5.00. The monoisotopic (exact) mass is 372 g/mol. The largest absolute Gasteiger partial charge is 0.341 e. The van der Waals surface area contributed by atoms with Crippen molar-refractivity contribution in [3.8, 4) is 0 Å². The Bertz CT molecular complexity index is 772. The highest BCUT2D eigenvalue weighted by Crippen LogP contribution is 2.48. The Morgan fingerprint density at radius 1 is 1.19 bits per heavy atom. The van der Waals surface area contributed by atoms with Crippen molar-refractivity contribution in [2.45, 2.75) is 25.3 Å². The number of carbonyl (C=O) groups excluding carboxylic acids is 1. The van der Waals surface area contributed by atoms with Crippen molar-refractivity contribution < 1.29 is 4.79 Å². The molecule has 26 heavy (non-hydrogen) atoms. The molecule has 5 nitrogen and oxygen atoms in total. The Kier molecular flexibility index (Phi) is 5.00. The molecule has 4 rings (SSSR count). The van der Waals surface area contributed by atoms with Crippen molar-refractivity contribution in [3.05, 3.63) is 52.8 Å². The highest BCUT2D eigenvalue weighted by atomic mass is 35.5. The Labute approximate surface area is 159 Å². The van der Waals surface area contributed by atoms with E-state index in [-0.39, 0.29) is 5.92 Å². The van der Waals surface area contributed by atoms with Crippen LogP contribution < -0.4 is 0 Å². The first-order valence-electron chi connectivity index (χ1n) is 9.34. The Hall–Kier alpha value is -1.85. The first kappa shape index (κ1) is 17.6. The first-order chi connectivity index (χ1) is 12.6. The van der Waals surface area contributed by atoms with E-state index in [0.29, 0.717) is 11.8 Å². The van der Waals surface area contributed by atoms with Gasteiger partial charge in [0.05, 0.1) is 6.20 Å². The molecular formula is C20H25ClN4O. The molecule has 2 aliphatic rings. The van der Waals surface area contributed by atoms with Gasteiger partial charge in [-0.25, -0.2) is 0 Å². The molecule has 2 heterocycles. The molecule has 0 spiro atoms. The van der Waals surface area contributed by atoms with E-state index in [1.165, 1.54) is 11.1 Å². The summed E-state index contributed by atoms with van der Waals surface area (Å²) in [6.45, 7) is 4.57. The second kappa shape index (κ2) is 7.41. The Morgan fingerprint density at radius 2 is 2.00 bits per heavy atom. The maximum Gasteiger partial charge on any atom is 0.226 e. The van der Waals surface area contributed by atoms with Gasteiger partial charge in [0.1, 0.15) is 0 Å². The summed E-state index contributed by atoms with van der Waals surface area (Å²) in [5.41, 5.74) is 2.47. The van der Waals surface area contributed by atoms with Crippen LogP contribution in [0.2, 0.25) is 5.02 Å². The fourth-order valence-corrected chi connectivity index (χ4v) is 4.03. The molecule has 1 aromatic carbocycles. The van der Waals surface area contributed by atoms with Gasteiger partial charge >= 0.3 is 0 Å². The number of carbonyl (C=O) groups is 1. The molecule has 1 aliphatic heterocycles. The van der Waals surface area contributed by atoms with E-state index in [0.717, 1.165) is 50.6 Å². The van der Waals surface area contributed by atoms with Crippen LogP contribution in [-0.4, -0.2) is 51.7 Å². The Balaban J connectivity index is 1.31. The SMILES string of the molecule is Cn1cc(C2CC2C(=O)N2CCCN(Cc3ccc(Cl)cc3)CC2)cn1. The molecule has 6 heteroatoms. The summed E-state index contributed by atoms with van der Waals surface area (Å²) < 4.78 is 1.82. The van der Waals surface area contributed by atoms with E-state index in [1.807, 2.05) is 36.3 Å². The van der Waals surface area contributed by atoms with Gasteiger partial charge in [-0.1, -0.05) is 23.7 Å². The molecular weight excluding hydrogens is 348 g/mol. The topological polar surface area (TPSA) is 41.4 Å². The van der Waals surface area contributed by atoms with Crippen molar-refractivity contribution >= 4 is 17.5 Å². The van der Waals surface area contributed by atoms with Crippen LogP contribution in [0.25, 0.3) is 0 Å². The fraction of sp³-hybridized carbons (Fsp3) is 0.500. The third-order valence-electron chi connectivity index (χ3n) is 5.48. The minimum Gasteiger partial charge on any atom is -0.341 e. The average Bonchev–Trinajstić information content (AvgIpc) is 3.37. The Morgan fingerprint density at radius 3 is 2.73 bits per heavy atom. The van der Waals surface area contributed by atoms with Gasteiger partial charge in [-0.05, 0) is 42.0 Å². The number of amides is 1. The fourth-order valence-electron chi connectivity index (χ4n) is 3.90. The number of nitrogens with zero attached hydrogens (tertiary/aromatic N) is 4. The molecule has 1 aliphatic carbocycles. The third-order valence-corrected chi connectivity index (χ3v) is 5.73. The molecule has 2 unspecified atom stereocenters. The number of rotatable bonds is 4. The number of benzene rings is 1. The number of aryl methyl sites for hydroxylation is 1. The van der Waals surface area contributed by atoms with Gasteiger partial charge in [0, 0.05) is 56.9 Å². The van der Waals surface area contributed by atoms with E-state index in [9.17, 15) is 4.79 Å². The molecule has 2 aromatic rings. The number of halogens is 1. The minimum absolute atomic E-state index is 0.155. The van der Waals surface area contributed by atoms with Crippen molar-refractivity contribution in [3.63, 3.8) is 0 Å². The third kappa shape index (κ3) is 3.94. The van der Waals surface area contributed by atoms with Crippen molar-refractivity contribution in [2.24, 2.45) is 13.0 Å². The number of aromatic nitrogens is 2. The van der Waals surface area contributed by atoms with Crippen LogP contribution in [0.5, 0.6) is 0 Å². The highest BCUT2D eigenvalue weighted by Gasteiger charge is 2.46. The lowest BCUT2D eigenvalue weighted by Gasteiger charge is -2.22. The van der Waals surface area contributed by atoms with E-state index in [2.05, 4.69) is 27.0 Å². The number of hydrogen-bond donors (Lipinski definition) is 0. The lowest BCUT2D eigenvalue weighted by atomic mass is 10.2. The average molecular weight is 373 g/mol. The van der Waals surface area contributed by atoms with Gasteiger partial charge < -0.3 is 4.90 Å². The predicted octanol–water partition coefficient (Wildman–Crippen LogP) is 2.91. The summed E-state index contributed by atoms with van der Waals surface area (Å²) >= 11 is 5.96. The summed E-state index contributed by atoms with van der Waals surface area (Å²) in [6.07, 6.45) is 5.93. The molecule has 138 valence electrons. The quantitative estimate of drug-likeness (QED) is 0.828. The number of hydrogen-bond acceptors (Lipinski definition) is 3. The molecule has 2 atom stereocenters. The van der Waals surface area contributed by atoms with Gasteiger partial charge in [-0.2, -0.15) is 5.10 Å². The van der Waals surface area contributed by atoms with Gasteiger partial charge in [0.15, 0.2) is 0 Å². The zero-order chi connectivity index (χ0) is 18.1. The molecule has 1 saturated carbocycles. The summed E-state index contributed by atoms with van der Waals surface area (Å²) in [7, 11) is 1.92. The van der Waals surface area contributed by atoms with Crippen molar-refractivity contribution in [2.75, 3.05) is 26.2 Å². The standard InChI is InChI=1S/C20H25ClN4O/c1-23-14-16(12-22-23)18-11-19(18)20(26)25-8-2-7-24(9-10-25)13-15-3-5-17(21)6-4-15/h3-6,12,14,18-19H,2,7-11,13H2,1H3.